The molecule has 0 aliphatic heterocycles. The summed E-state index contributed by atoms with van der Waals surface area (Å²) in [5.41, 5.74) is 11.2. The molecule has 1 heterocycles. The first kappa shape index (κ1) is 31.1. The molecule has 0 unspecified atom stereocenters. The predicted molar refractivity (Wildman–Crippen MR) is 232 cm³/mol. The molecule has 0 fully saturated rings. The van der Waals surface area contributed by atoms with Crippen molar-refractivity contribution in [1.29, 1.82) is 5.26 Å². The molecule has 11 rings (SSSR count). The summed E-state index contributed by atoms with van der Waals surface area (Å²) in [5, 5.41) is 22.0. The van der Waals surface area contributed by atoms with Gasteiger partial charge in [-0.2, -0.15) is 5.26 Å². The summed E-state index contributed by atoms with van der Waals surface area (Å²) in [5.74, 6) is 0. The van der Waals surface area contributed by atoms with Gasteiger partial charge in [0.2, 0.25) is 0 Å². The zero-order valence-corrected chi connectivity index (χ0v) is 29.9. The Morgan fingerprint density at radius 1 is 0.327 bits per heavy atom. The van der Waals surface area contributed by atoms with Crippen LogP contribution in [-0.4, -0.2) is 4.57 Å². The summed E-state index contributed by atoms with van der Waals surface area (Å²) in [6, 6.07) is 72.4. The number of nitrogens with zero attached hydrogens (tertiary/aromatic N) is 2. The lowest BCUT2D eigenvalue weighted by Crippen LogP contribution is -1.93. The van der Waals surface area contributed by atoms with Crippen LogP contribution in [0.3, 0.4) is 0 Å². The average Bonchev–Trinajstić information content (AvgIpc) is 3.59. The Labute approximate surface area is 318 Å². The van der Waals surface area contributed by atoms with Crippen molar-refractivity contribution < 1.29 is 0 Å². The monoisotopic (exact) mass is 696 g/mol. The van der Waals surface area contributed by atoms with E-state index in [0.717, 1.165) is 38.6 Å². The molecule has 0 saturated heterocycles. The van der Waals surface area contributed by atoms with Crippen molar-refractivity contribution in [3.05, 3.63) is 200 Å². The minimum atomic E-state index is 0.663. The van der Waals surface area contributed by atoms with Gasteiger partial charge < -0.3 is 4.57 Å². The van der Waals surface area contributed by atoms with Gasteiger partial charge in [0, 0.05) is 16.5 Å². The summed E-state index contributed by atoms with van der Waals surface area (Å²) < 4.78 is 2.29. The first-order valence-corrected chi connectivity index (χ1v) is 18.7. The Bertz CT molecular complexity index is 3370. The summed E-state index contributed by atoms with van der Waals surface area (Å²) in [4.78, 5) is 0. The molecule has 0 saturated carbocycles. The third kappa shape index (κ3) is 4.95. The van der Waals surface area contributed by atoms with Gasteiger partial charge in [0.05, 0.1) is 22.7 Å². The second-order valence-corrected chi connectivity index (χ2v) is 14.4. The molecule has 0 atom stereocenters. The topological polar surface area (TPSA) is 28.7 Å². The van der Waals surface area contributed by atoms with Crippen molar-refractivity contribution in [2.24, 2.45) is 0 Å². The van der Waals surface area contributed by atoms with Crippen molar-refractivity contribution in [1.82, 2.24) is 4.57 Å². The van der Waals surface area contributed by atoms with Crippen molar-refractivity contribution in [3.63, 3.8) is 0 Å². The summed E-state index contributed by atoms with van der Waals surface area (Å²) in [6.07, 6.45) is 0. The van der Waals surface area contributed by atoms with Crippen LogP contribution in [0.15, 0.2) is 194 Å². The van der Waals surface area contributed by atoms with Gasteiger partial charge in [-0.05, 0) is 143 Å². The smallest absolute Gasteiger partial charge is 0.0991 e. The number of fused-ring (bicyclic) bond motifs is 9. The molecule has 0 spiro atoms. The quantitative estimate of drug-likeness (QED) is 0.168. The maximum atomic E-state index is 9.75. The molecular weight excluding hydrogens is 665 g/mol. The van der Waals surface area contributed by atoms with E-state index >= 15 is 0 Å². The molecule has 2 heteroatoms. The minimum Gasteiger partial charge on any atom is -0.309 e. The van der Waals surface area contributed by atoms with E-state index in [0.29, 0.717) is 5.56 Å². The van der Waals surface area contributed by atoms with Crippen LogP contribution in [0.25, 0.3) is 104 Å². The van der Waals surface area contributed by atoms with Crippen LogP contribution in [0.4, 0.5) is 0 Å². The highest BCUT2D eigenvalue weighted by Gasteiger charge is 2.16. The van der Waals surface area contributed by atoms with E-state index in [1.165, 1.54) is 65.3 Å². The molecule has 0 aliphatic carbocycles. The molecule has 1 aromatic heterocycles. The molecule has 0 bridgehead atoms. The number of benzene rings is 10. The van der Waals surface area contributed by atoms with Crippen LogP contribution in [0.1, 0.15) is 5.56 Å². The molecule has 0 N–H and O–H groups in total. The first-order chi connectivity index (χ1) is 27.2. The Morgan fingerprint density at radius 3 is 1.47 bits per heavy atom. The van der Waals surface area contributed by atoms with E-state index in [4.69, 9.17) is 0 Å². The second kappa shape index (κ2) is 12.3. The van der Waals surface area contributed by atoms with Gasteiger partial charge in [-0.1, -0.05) is 127 Å². The average molecular weight is 697 g/mol. The highest BCUT2D eigenvalue weighted by atomic mass is 15.0. The van der Waals surface area contributed by atoms with Gasteiger partial charge >= 0.3 is 0 Å². The summed E-state index contributed by atoms with van der Waals surface area (Å²) >= 11 is 0. The van der Waals surface area contributed by atoms with E-state index in [2.05, 4.69) is 187 Å². The van der Waals surface area contributed by atoms with Gasteiger partial charge in [-0.25, -0.2) is 0 Å². The highest BCUT2D eigenvalue weighted by molar-refractivity contribution is 6.24. The standard InChI is InChI=1S/C53H32N2/c54-33-34-19-25-52-50(27-34)51-30-39(24-26-53(51)55(52)41-13-5-2-6-14-41)37-20-21-38-29-40(23-22-36(38)28-37)47-32-49-44-17-9-7-15-42(44)46(35-11-3-1-4-12-35)31-48(49)45-18-10-8-16-43(45)47/h1-32H. The number of nitriles is 1. The van der Waals surface area contributed by atoms with Gasteiger partial charge in [-0.3, -0.25) is 0 Å². The SMILES string of the molecule is N#Cc1ccc2c(c1)c1cc(-c3ccc4cc(-c5cc6c7ccccc7c(-c7ccccc7)cc6c6ccccc56)ccc4c3)ccc1n2-c1ccccc1. The van der Waals surface area contributed by atoms with Crippen LogP contribution in [0, 0.1) is 11.3 Å². The highest BCUT2D eigenvalue weighted by Crippen LogP contribution is 2.43. The molecule has 0 radical (unpaired) electrons. The van der Waals surface area contributed by atoms with E-state index in [1.807, 2.05) is 18.2 Å². The fourth-order valence-electron chi connectivity index (χ4n) is 8.77. The maximum Gasteiger partial charge on any atom is 0.0991 e. The fourth-order valence-corrected chi connectivity index (χ4v) is 8.77. The fraction of sp³-hybridized carbons (Fsp3) is 0. The molecule has 0 aliphatic rings. The van der Waals surface area contributed by atoms with Gasteiger partial charge in [0.15, 0.2) is 0 Å². The summed E-state index contributed by atoms with van der Waals surface area (Å²) in [7, 11) is 0. The van der Waals surface area contributed by atoms with Gasteiger partial charge in [-0.15, -0.1) is 0 Å². The molecule has 2 nitrogen and oxygen atoms in total. The number of hydrogen-bond acceptors (Lipinski definition) is 1. The molecule has 11 aromatic rings. The number of hydrogen-bond donors (Lipinski definition) is 0. The largest absolute Gasteiger partial charge is 0.309 e. The third-order valence-corrected chi connectivity index (χ3v) is 11.4. The molecule has 10 aromatic carbocycles. The lowest BCUT2D eigenvalue weighted by molar-refractivity contribution is 1.18. The third-order valence-electron chi connectivity index (χ3n) is 11.4. The minimum absolute atomic E-state index is 0.663. The van der Waals surface area contributed by atoms with Crippen LogP contribution in [0.5, 0.6) is 0 Å². The predicted octanol–water partition coefficient (Wildman–Crippen LogP) is 14.3. The lowest BCUT2D eigenvalue weighted by atomic mass is 9.87. The molecule has 55 heavy (non-hydrogen) atoms. The molecular formula is C53H32N2. The van der Waals surface area contributed by atoms with Crippen molar-refractivity contribution in [2.75, 3.05) is 0 Å². The number of para-hydroxylation sites is 1. The number of aromatic nitrogens is 1. The van der Waals surface area contributed by atoms with Gasteiger partial charge in [0.1, 0.15) is 0 Å². The first-order valence-electron chi connectivity index (χ1n) is 18.7. The van der Waals surface area contributed by atoms with Crippen molar-refractivity contribution >= 4 is 64.9 Å². The Balaban J connectivity index is 1.05. The summed E-state index contributed by atoms with van der Waals surface area (Å²) in [6.45, 7) is 0. The van der Waals surface area contributed by atoms with Crippen molar-refractivity contribution in [3.8, 4) is 45.1 Å². The van der Waals surface area contributed by atoms with Crippen LogP contribution >= 0.6 is 0 Å². The van der Waals surface area contributed by atoms with E-state index in [9.17, 15) is 5.26 Å². The van der Waals surface area contributed by atoms with Crippen LogP contribution in [0.2, 0.25) is 0 Å². The van der Waals surface area contributed by atoms with Crippen molar-refractivity contribution in [2.45, 2.75) is 0 Å². The Hall–Kier alpha value is -7.47. The second-order valence-electron chi connectivity index (χ2n) is 14.4. The molecule has 254 valence electrons. The maximum absolute atomic E-state index is 9.75. The Kier molecular flexibility index (Phi) is 6.96. The normalized spacial score (nSPS) is 11.6. The van der Waals surface area contributed by atoms with E-state index < -0.39 is 0 Å². The van der Waals surface area contributed by atoms with E-state index in [1.54, 1.807) is 0 Å². The Morgan fingerprint density at radius 2 is 0.818 bits per heavy atom. The van der Waals surface area contributed by atoms with Crippen LogP contribution < -0.4 is 0 Å². The molecule has 0 amide bonds. The zero-order chi connectivity index (χ0) is 36.5. The van der Waals surface area contributed by atoms with Gasteiger partial charge in [0.25, 0.3) is 0 Å². The zero-order valence-electron chi connectivity index (χ0n) is 29.9. The van der Waals surface area contributed by atoms with Crippen LogP contribution in [-0.2, 0) is 0 Å². The van der Waals surface area contributed by atoms with E-state index in [-0.39, 0.29) is 0 Å². The lowest BCUT2D eigenvalue weighted by Gasteiger charge is -2.16. The number of rotatable bonds is 4.